The molecule has 0 saturated heterocycles. The first-order valence-corrected chi connectivity index (χ1v) is 20.9. The van der Waals surface area contributed by atoms with Crippen LogP contribution >= 0.6 is 0 Å². The highest BCUT2D eigenvalue weighted by Gasteiger charge is 2.03. The minimum absolute atomic E-state index is 0.234. The first-order valence-electron chi connectivity index (χ1n) is 20.9. The van der Waals surface area contributed by atoms with Gasteiger partial charge < -0.3 is 39.0 Å². The third-order valence-electron chi connectivity index (χ3n) is 8.51. The highest BCUT2D eigenvalue weighted by Crippen LogP contribution is 2.14. The molecule has 8 nitrogen and oxygen atoms in total. The van der Waals surface area contributed by atoms with E-state index in [0.717, 1.165) is 47.7 Å². The standard InChI is InChI=1S/2C16H32O2.2C5H14NO/c2*1-2-3-4-5-6-7-8-9-10-11-12-13-14-15-16(17)18;2*1-6(2,3)4-5-7/h2*2-15H2,1H3,(H,17,18);2*7H,4-5H2,1-3H3/q;;2*+1/p-2. The number of carbonyl (C=O) groups excluding carboxylic acids is 2. The van der Waals surface area contributed by atoms with Crippen LogP contribution in [0.2, 0.25) is 0 Å². The number of aliphatic hydroxyl groups excluding tert-OH is 2. The highest BCUT2D eigenvalue weighted by molar-refractivity contribution is 5.64. The van der Waals surface area contributed by atoms with Gasteiger partial charge in [0.05, 0.1) is 55.5 Å². The molecule has 0 aromatic heterocycles. The van der Waals surface area contributed by atoms with Gasteiger partial charge in [-0.05, 0) is 25.7 Å². The Morgan fingerprint density at radius 3 is 0.680 bits per heavy atom. The minimum Gasteiger partial charge on any atom is -0.550 e. The van der Waals surface area contributed by atoms with E-state index in [9.17, 15) is 19.8 Å². The largest absolute Gasteiger partial charge is 0.550 e. The molecule has 0 saturated carbocycles. The quantitative estimate of drug-likeness (QED) is 0.0541. The summed E-state index contributed by atoms with van der Waals surface area (Å²) in [5.74, 6) is -1.81. The lowest BCUT2D eigenvalue weighted by molar-refractivity contribution is -0.870. The number of nitrogens with zero attached hydrogens (tertiary/aromatic N) is 2. The lowest BCUT2D eigenvalue weighted by Gasteiger charge is -2.21. The number of hydrogen-bond acceptors (Lipinski definition) is 6. The van der Waals surface area contributed by atoms with Crippen LogP contribution in [0.25, 0.3) is 0 Å². The summed E-state index contributed by atoms with van der Waals surface area (Å²) < 4.78 is 1.69. The van der Waals surface area contributed by atoms with Gasteiger partial charge in [0.15, 0.2) is 0 Å². The molecular formula is C42H90N2O6. The summed E-state index contributed by atoms with van der Waals surface area (Å²) in [6, 6.07) is 0. The molecule has 0 atom stereocenters. The Bertz CT molecular complexity index is 606. The smallest absolute Gasteiger partial charge is 0.101 e. The lowest BCUT2D eigenvalue weighted by Crippen LogP contribution is -2.36. The molecule has 0 aromatic rings. The van der Waals surface area contributed by atoms with Gasteiger partial charge in [-0.3, -0.25) is 0 Å². The Hall–Kier alpha value is -1.22. The summed E-state index contributed by atoms with van der Waals surface area (Å²) >= 11 is 0. The number of hydrogen-bond donors (Lipinski definition) is 2. The molecular weight excluding hydrogens is 628 g/mol. The van der Waals surface area contributed by atoms with Crippen LogP contribution in [0, 0.1) is 0 Å². The summed E-state index contributed by atoms with van der Waals surface area (Å²) in [6.45, 7) is 6.74. The molecule has 0 rings (SSSR count). The molecule has 0 bridgehead atoms. The van der Waals surface area contributed by atoms with Crippen LogP contribution in [-0.4, -0.2) is 99.7 Å². The average Bonchev–Trinajstić information content (AvgIpc) is 3.01. The molecule has 2 N–H and O–H groups in total. The maximum absolute atomic E-state index is 10.2. The molecule has 0 heterocycles. The number of aliphatic hydroxyl groups is 2. The summed E-state index contributed by atoms with van der Waals surface area (Å²) in [7, 11) is 12.3. The number of carboxylic acids is 2. The van der Waals surface area contributed by atoms with Crippen molar-refractivity contribution in [1.29, 1.82) is 0 Å². The number of rotatable bonds is 32. The Morgan fingerprint density at radius 2 is 0.560 bits per heavy atom. The first kappa shape index (κ1) is 55.5. The van der Waals surface area contributed by atoms with Crippen molar-refractivity contribution in [2.24, 2.45) is 0 Å². The fourth-order valence-corrected chi connectivity index (χ4v) is 5.17. The molecule has 0 aromatic carbocycles. The van der Waals surface area contributed by atoms with E-state index in [4.69, 9.17) is 10.2 Å². The summed E-state index contributed by atoms with van der Waals surface area (Å²) in [5.41, 5.74) is 0. The third-order valence-corrected chi connectivity index (χ3v) is 8.51. The van der Waals surface area contributed by atoms with Crippen molar-refractivity contribution >= 4 is 11.9 Å². The molecule has 0 unspecified atom stereocenters. The van der Waals surface area contributed by atoms with Crippen LogP contribution in [0.3, 0.4) is 0 Å². The molecule has 8 heteroatoms. The maximum atomic E-state index is 10.2. The monoisotopic (exact) mass is 719 g/mol. The molecule has 0 radical (unpaired) electrons. The van der Waals surface area contributed by atoms with Crippen molar-refractivity contribution < 1.29 is 39.0 Å². The average molecular weight is 719 g/mol. The van der Waals surface area contributed by atoms with Crippen molar-refractivity contribution in [3.8, 4) is 0 Å². The van der Waals surface area contributed by atoms with Gasteiger partial charge in [0.1, 0.15) is 13.1 Å². The fourth-order valence-electron chi connectivity index (χ4n) is 5.17. The fraction of sp³-hybridized carbons (Fsp3) is 0.952. The van der Waals surface area contributed by atoms with E-state index >= 15 is 0 Å². The predicted molar refractivity (Wildman–Crippen MR) is 211 cm³/mol. The predicted octanol–water partition coefficient (Wildman–Crippen LogP) is 7.81. The van der Waals surface area contributed by atoms with E-state index in [1.54, 1.807) is 0 Å². The van der Waals surface area contributed by atoms with Crippen LogP contribution in [-0.2, 0) is 9.59 Å². The van der Waals surface area contributed by atoms with E-state index < -0.39 is 11.9 Å². The molecule has 0 aliphatic carbocycles. The third kappa shape index (κ3) is 72.5. The Kier molecular flexibility index (Phi) is 48.8. The van der Waals surface area contributed by atoms with Crippen LogP contribution in [0.5, 0.6) is 0 Å². The van der Waals surface area contributed by atoms with E-state index in [0.29, 0.717) is 0 Å². The van der Waals surface area contributed by atoms with Gasteiger partial charge in [0.2, 0.25) is 0 Å². The number of carbonyl (C=O) groups is 2. The van der Waals surface area contributed by atoms with E-state index in [1.165, 1.54) is 141 Å². The maximum Gasteiger partial charge on any atom is 0.101 e. The molecule has 50 heavy (non-hydrogen) atoms. The summed E-state index contributed by atoms with van der Waals surface area (Å²) in [5, 5.41) is 37.2. The summed E-state index contributed by atoms with van der Waals surface area (Å²) in [6.07, 6.45) is 33.9. The van der Waals surface area contributed by atoms with Crippen molar-refractivity contribution in [3.05, 3.63) is 0 Å². The van der Waals surface area contributed by atoms with E-state index in [-0.39, 0.29) is 26.1 Å². The first-order chi connectivity index (χ1) is 23.7. The van der Waals surface area contributed by atoms with Crippen molar-refractivity contribution in [2.45, 2.75) is 194 Å². The van der Waals surface area contributed by atoms with Gasteiger partial charge >= 0.3 is 0 Å². The second-order valence-electron chi connectivity index (χ2n) is 16.2. The van der Waals surface area contributed by atoms with Crippen molar-refractivity contribution in [2.75, 3.05) is 68.6 Å². The van der Waals surface area contributed by atoms with E-state index in [1.807, 2.05) is 0 Å². The molecule has 0 aliphatic rings. The Labute approximate surface area is 312 Å². The molecule has 0 aliphatic heterocycles. The van der Waals surface area contributed by atoms with Crippen LogP contribution < -0.4 is 10.2 Å². The van der Waals surface area contributed by atoms with E-state index in [2.05, 4.69) is 56.1 Å². The van der Waals surface area contributed by atoms with Gasteiger partial charge in [-0.2, -0.15) is 0 Å². The zero-order valence-electron chi connectivity index (χ0n) is 35.0. The topological polar surface area (TPSA) is 121 Å². The zero-order valence-corrected chi connectivity index (χ0v) is 35.0. The molecule has 0 fully saturated rings. The van der Waals surface area contributed by atoms with Crippen LogP contribution in [0.4, 0.5) is 0 Å². The van der Waals surface area contributed by atoms with Gasteiger partial charge in [-0.15, -0.1) is 0 Å². The highest BCUT2D eigenvalue weighted by atomic mass is 16.4. The number of unbranched alkanes of at least 4 members (excludes halogenated alkanes) is 24. The normalized spacial score (nSPS) is 11.1. The Balaban J connectivity index is -0.000000309. The summed E-state index contributed by atoms with van der Waals surface area (Å²) in [4.78, 5) is 20.4. The van der Waals surface area contributed by atoms with Crippen molar-refractivity contribution in [3.63, 3.8) is 0 Å². The van der Waals surface area contributed by atoms with Gasteiger partial charge in [0, 0.05) is 11.9 Å². The molecule has 304 valence electrons. The molecule has 0 amide bonds. The SMILES string of the molecule is CCCCCCCCCCCCCCCC(=O)[O-].CCCCCCCCCCCCCCCC(=O)[O-].C[N+](C)(C)CCO.C[N+](C)(C)CCO. The number of quaternary nitrogens is 2. The zero-order chi connectivity index (χ0) is 38.8. The second kappa shape index (κ2) is 43.9. The lowest BCUT2D eigenvalue weighted by atomic mass is 10.0. The minimum atomic E-state index is -0.905. The number of carboxylic acid groups (broad SMARTS) is 2. The van der Waals surface area contributed by atoms with Gasteiger partial charge in [0.25, 0.3) is 0 Å². The second-order valence-corrected chi connectivity index (χ2v) is 16.2. The van der Waals surface area contributed by atoms with Gasteiger partial charge in [-0.25, -0.2) is 0 Å². The Morgan fingerprint density at radius 1 is 0.380 bits per heavy atom. The molecule has 0 spiro atoms. The van der Waals surface area contributed by atoms with Gasteiger partial charge in [-0.1, -0.05) is 168 Å². The van der Waals surface area contributed by atoms with Crippen molar-refractivity contribution in [1.82, 2.24) is 0 Å². The van der Waals surface area contributed by atoms with Crippen LogP contribution in [0.15, 0.2) is 0 Å². The number of aliphatic carboxylic acids is 2. The van der Waals surface area contributed by atoms with Crippen LogP contribution in [0.1, 0.15) is 194 Å². The number of likely N-dealkylation sites (N-methyl/N-ethyl adjacent to an activating group) is 2.